The van der Waals surface area contributed by atoms with Crippen LogP contribution in [0.25, 0.3) is 11.0 Å². The van der Waals surface area contributed by atoms with E-state index >= 15 is 0 Å². The van der Waals surface area contributed by atoms with Crippen molar-refractivity contribution in [3.8, 4) is 5.75 Å². The van der Waals surface area contributed by atoms with Gasteiger partial charge in [-0.2, -0.15) is 5.10 Å². The molecular weight excluding hydrogens is 365 g/mol. The number of rotatable bonds is 6. The van der Waals surface area contributed by atoms with Crippen LogP contribution in [0.2, 0.25) is 0 Å². The SMILES string of the molecule is NC1OC1CCn1ncc2c(Nc3ccc(OC(F)(F)F)cc3)ncnc21. The average molecular weight is 380 g/mol. The van der Waals surface area contributed by atoms with Crippen molar-refractivity contribution in [2.45, 2.75) is 31.7 Å². The lowest BCUT2D eigenvalue weighted by Crippen LogP contribution is -2.16. The van der Waals surface area contributed by atoms with Crippen LogP contribution in [0.3, 0.4) is 0 Å². The number of aromatic nitrogens is 4. The molecular formula is C16H15F3N6O2. The average Bonchev–Trinajstić information content (AvgIpc) is 3.15. The summed E-state index contributed by atoms with van der Waals surface area (Å²) in [5, 5.41) is 8.05. The highest BCUT2D eigenvalue weighted by molar-refractivity contribution is 5.88. The Morgan fingerprint density at radius 3 is 2.63 bits per heavy atom. The number of anilines is 2. The van der Waals surface area contributed by atoms with Gasteiger partial charge < -0.3 is 20.5 Å². The number of benzene rings is 1. The molecule has 4 rings (SSSR count). The number of nitrogens with two attached hydrogens (primary N) is 1. The number of nitrogens with one attached hydrogen (secondary N) is 1. The monoisotopic (exact) mass is 380 g/mol. The summed E-state index contributed by atoms with van der Waals surface area (Å²) in [5.41, 5.74) is 6.80. The molecule has 1 aliphatic heterocycles. The molecule has 3 N–H and O–H groups in total. The maximum Gasteiger partial charge on any atom is 0.573 e. The second-order valence-corrected chi connectivity index (χ2v) is 5.95. The van der Waals surface area contributed by atoms with Crippen LogP contribution in [0.4, 0.5) is 24.7 Å². The van der Waals surface area contributed by atoms with E-state index in [4.69, 9.17) is 10.5 Å². The van der Waals surface area contributed by atoms with E-state index in [2.05, 4.69) is 25.1 Å². The molecule has 11 heteroatoms. The van der Waals surface area contributed by atoms with Gasteiger partial charge in [0.2, 0.25) is 0 Å². The van der Waals surface area contributed by atoms with Crippen molar-refractivity contribution in [1.82, 2.24) is 19.7 Å². The molecule has 0 amide bonds. The van der Waals surface area contributed by atoms with E-state index in [1.54, 1.807) is 10.9 Å². The second kappa shape index (κ2) is 6.67. The third kappa shape index (κ3) is 4.09. The van der Waals surface area contributed by atoms with E-state index in [0.29, 0.717) is 29.1 Å². The van der Waals surface area contributed by atoms with Crippen molar-refractivity contribution in [1.29, 1.82) is 0 Å². The Bertz CT molecular complexity index is 943. The summed E-state index contributed by atoms with van der Waals surface area (Å²) < 4.78 is 47.4. The van der Waals surface area contributed by atoms with Crippen molar-refractivity contribution < 1.29 is 22.6 Å². The maximum atomic E-state index is 12.2. The van der Waals surface area contributed by atoms with Gasteiger partial charge in [-0.1, -0.05) is 0 Å². The Hall–Kier alpha value is -2.92. The fraction of sp³-hybridized carbons (Fsp3) is 0.312. The zero-order valence-corrected chi connectivity index (χ0v) is 13.8. The Kier molecular flexibility index (Phi) is 4.32. The lowest BCUT2D eigenvalue weighted by atomic mass is 10.3. The fourth-order valence-electron chi connectivity index (χ4n) is 2.67. The number of hydrogen-bond acceptors (Lipinski definition) is 7. The van der Waals surface area contributed by atoms with Crippen molar-refractivity contribution in [3.05, 3.63) is 36.8 Å². The highest BCUT2D eigenvalue weighted by atomic mass is 19.4. The molecule has 0 bridgehead atoms. The number of alkyl halides is 3. The molecule has 8 nitrogen and oxygen atoms in total. The van der Waals surface area contributed by atoms with Gasteiger partial charge in [0.25, 0.3) is 0 Å². The molecule has 0 spiro atoms. The van der Waals surface area contributed by atoms with E-state index in [1.165, 1.54) is 30.6 Å². The number of epoxide rings is 1. The molecule has 0 radical (unpaired) electrons. The lowest BCUT2D eigenvalue weighted by molar-refractivity contribution is -0.274. The van der Waals surface area contributed by atoms with Gasteiger partial charge in [0.15, 0.2) is 5.65 Å². The molecule has 27 heavy (non-hydrogen) atoms. The summed E-state index contributed by atoms with van der Waals surface area (Å²) in [5.74, 6) is 0.198. The highest BCUT2D eigenvalue weighted by Gasteiger charge is 2.34. The smallest absolute Gasteiger partial charge is 0.406 e. The molecule has 3 heterocycles. The molecule has 1 saturated heterocycles. The number of aryl methyl sites for hydroxylation is 1. The third-order valence-corrected chi connectivity index (χ3v) is 4.03. The third-order valence-electron chi connectivity index (χ3n) is 4.03. The first-order valence-electron chi connectivity index (χ1n) is 8.09. The van der Waals surface area contributed by atoms with Crippen molar-refractivity contribution in [2.24, 2.45) is 5.73 Å². The number of fused-ring (bicyclic) bond motifs is 1. The predicted molar refractivity (Wildman–Crippen MR) is 89.2 cm³/mol. The summed E-state index contributed by atoms with van der Waals surface area (Å²) in [4.78, 5) is 8.43. The van der Waals surface area contributed by atoms with E-state index in [1.807, 2.05) is 0 Å². The zero-order chi connectivity index (χ0) is 19.0. The molecule has 0 aliphatic carbocycles. The number of halogens is 3. The zero-order valence-electron chi connectivity index (χ0n) is 13.8. The van der Waals surface area contributed by atoms with Gasteiger partial charge in [0, 0.05) is 12.2 Å². The molecule has 2 aromatic heterocycles. The molecule has 1 fully saturated rings. The number of hydrogen-bond donors (Lipinski definition) is 2. The summed E-state index contributed by atoms with van der Waals surface area (Å²) in [6.45, 7) is 0.599. The minimum absolute atomic E-state index is 0.0427. The van der Waals surface area contributed by atoms with Gasteiger partial charge in [-0.3, -0.25) is 0 Å². The predicted octanol–water partition coefficient (Wildman–Crippen LogP) is 2.54. The second-order valence-electron chi connectivity index (χ2n) is 5.95. The molecule has 2 unspecified atom stereocenters. The molecule has 2 atom stereocenters. The number of ether oxygens (including phenoxy) is 2. The van der Waals surface area contributed by atoms with E-state index in [-0.39, 0.29) is 18.1 Å². The van der Waals surface area contributed by atoms with E-state index in [0.717, 1.165) is 6.42 Å². The highest BCUT2D eigenvalue weighted by Crippen LogP contribution is 2.27. The standard InChI is InChI=1S/C16H15F3N6O2/c17-16(18,19)27-10-3-1-9(2-4-10)24-14-11-7-23-25(15(11)22-8-21-14)6-5-12-13(20)26-12/h1-4,7-8,12-13H,5-6,20H2,(H,21,22,24). The summed E-state index contributed by atoms with van der Waals surface area (Å²) in [7, 11) is 0. The van der Waals surface area contributed by atoms with Crippen LogP contribution >= 0.6 is 0 Å². The van der Waals surface area contributed by atoms with Crippen LogP contribution in [0.1, 0.15) is 6.42 Å². The summed E-state index contributed by atoms with van der Waals surface area (Å²) in [6.07, 6.45) is -1.14. The Morgan fingerprint density at radius 1 is 1.22 bits per heavy atom. The number of nitrogens with zero attached hydrogens (tertiary/aromatic N) is 4. The van der Waals surface area contributed by atoms with Crippen LogP contribution in [0.5, 0.6) is 5.75 Å². The largest absolute Gasteiger partial charge is 0.573 e. The Labute approximate surface area is 151 Å². The summed E-state index contributed by atoms with van der Waals surface area (Å²) >= 11 is 0. The normalized spacial score (nSPS) is 19.3. The van der Waals surface area contributed by atoms with Crippen LogP contribution < -0.4 is 15.8 Å². The van der Waals surface area contributed by atoms with Gasteiger partial charge in [-0.05, 0) is 30.7 Å². The van der Waals surface area contributed by atoms with Crippen molar-refractivity contribution >= 4 is 22.5 Å². The van der Waals surface area contributed by atoms with Gasteiger partial charge >= 0.3 is 6.36 Å². The summed E-state index contributed by atoms with van der Waals surface area (Å²) in [6, 6.07) is 5.36. The van der Waals surface area contributed by atoms with Crippen molar-refractivity contribution in [3.63, 3.8) is 0 Å². The minimum atomic E-state index is -4.72. The minimum Gasteiger partial charge on any atom is -0.406 e. The van der Waals surface area contributed by atoms with Crippen LogP contribution in [-0.4, -0.2) is 38.4 Å². The van der Waals surface area contributed by atoms with Crippen LogP contribution in [0.15, 0.2) is 36.8 Å². The van der Waals surface area contributed by atoms with E-state index < -0.39 is 6.36 Å². The van der Waals surface area contributed by atoms with Gasteiger partial charge in [0.1, 0.15) is 30.2 Å². The lowest BCUT2D eigenvalue weighted by Gasteiger charge is -2.10. The molecule has 3 aromatic rings. The van der Waals surface area contributed by atoms with Crippen LogP contribution in [-0.2, 0) is 11.3 Å². The van der Waals surface area contributed by atoms with Gasteiger partial charge in [0.05, 0.1) is 11.6 Å². The van der Waals surface area contributed by atoms with Crippen LogP contribution in [0, 0.1) is 0 Å². The van der Waals surface area contributed by atoms with Gasteiger partial charge in [-0.25, -0.2) is 14.6 Å². The first kappa shape index (κ1) is 17.5. The Balaban J connectivity index is 1.49. The van der Waals surface area contributed by atoms with Gasteiger partial charge in [-0.15, -0.1) is 13.2 Å². The molecule has 1 aliphatic rings. The van der Waals surface area contributed by atoms with Crippen molar-refractivity contribution in [2.75, 3.05) is 5.32 Å². The first-order chi connectivity index (χ1) is 12.9. The van der Waals surface area contributed by atoms with E-state index in [9.17, 15) is 13.2 Å². The maximum absolute atomic E-state index is 12.2. The molecule has 1 aromatic carbocycles. The Morgan fingerprint density at radius 2 is 1.96 bits per heavy atom. The fourth-order valence-corrected chi connectivity index (χ4v) is 2.67. The molecule has 0 saturated carbocycles. The molecule has 142 valence electrons. The quantitative estimate of drug-likeness (QED) is 0.634. The first-order valence-corrected chi connectivity index (χ1v) is 8.09. The topological polar surface area (TPSA) is 103 Å².